The molecular weight excluding hydrogens is 332 g/mol. The van der Waals surface area contributed by atoms with Gasteiger partial charge in [0.1, 0.15) is 0 Å². The topological polar surface area (TPSA) is 0 Å². The third kappa shape index (κ3) is 3.45. The molecule has 0 saturated carbocycles. The van der Waals surface area contributed by atoms with E-state index in [-0.39, 0.29) is 10.8 Å². The van der Waals surface area contributed by atoms with Crippen molar-refractivity contribution in [3.8, 4) is 0 Å². The van der Waals surface area contributed by atoms with E-state index in [9.17, 15) is 0 Å². The molecule has 0 radical (unpaired) electrons. The summed E-state index contributed by atoms with van der Waals surface area (Å²) in [5.41, 5.74) is 3.83. The summed E-state index contributed by atoms with van der Waals surface area (Å²) in [6.45, 7) is 6.77. The maximum Gasteiger partial charge on any atom is 0.0835 e. The van der Waals surface area contributed by atoms with Crippen LogP contribution in [0.5, 0.6) is 0 Å². The summed E-state index contributed by atoms with van der Waals surface area (Å²) in [6.07, 6.45) is 1.13. The van der Waals surface area contributed by atoms with Gasteiger partial charge in [-0.2, -0.15) is 0 Å². The number of rotatable bonds is 4. The van der Waals surface area contributed by atoms with Crippen LogP contribution in [0.25, 0.3) is 0 Å². The third-order valence-corrected chi connectivity index (χ3v) is 5.01. The number of halogens is 2. The number of alkyl halides is 1. The average Bonchev–Trinajstić information content (AvgIpc) is 2.46. The van der Waals surface area contributed by atoms with Gasteiger partial charge in [-0.3, -0.25) is 0 Å². The molecule has 2 aromatic carbocycles. The number of benzene rings is 2. The molecule has 2 rings (SSSR count). The molecule has 0 aliphatic rings. The lowest BCUT2D eigenvalue weighted by Crippen LogP contribution is -2.15. The molecule has 0 spiro atoms. The van der Waals surface area contributed by atoms with Crippen LogP contribution in [0.4, 0.5) is 0 Å². The number of hydrogen-bond acceptors (Lipinski definition) is 0. The van der Waals surface area contributed by atoms with Gasteiger partial charge in [0, 0.05) is 4.47 Å². The first-order chi connectivity index (χ1) is 9.44. The molecule has 1 atom stereocenters. The molecule has 106 valence electrons. The highest BCUT2D eigenvalue weighted by Crippen LogP contribution is 2.33. The summed E-state index contributed by atoms with van der Waals surface area (Å²) in [7, 11) is 0. The van der Waals surface area contributed by atoms with Crippen molar-refractivity contribution < 1.29 is 0 Å². The summed E-state index contributed by atoms with van der Waals surface area (Å²) >= 11 is 10.1. The second kappa shape index (κ2) is 6.32. The van der Waals surface area contributed by atoms with E-state index < -0.39 is 0 Å². The summed E-state index contributed by atoms with van der Waals surface area (Å²) < 4.78 is 1.06. The molecule has 2 aromatic rings. The lowest BCUT2D eigenvalue weighted by atomic mass is 9.82. The lowest BCUT2D eigenvalue weighted by Gasteiger charge is -2.24. The zero-order valence-electron chi connectivity index (χ0n) is 12.2. The Morgan fingerprint density at radius 2 is 1.70 bits per heavy atom. The summed E-state index contributed by atoms with van der Waals surface area (Å²) in [4.78, 5) is 0. The van der Waals surface area contributed by atoms with Gasteiger partial charge in [0.2, 0.25) is 0 Å². The SMILES string of the molecule is CCC(C)(C)c1ccc(C(Cl)c2cccc(Br)c2)cc1. The molecule has 0 aliphatic heterocycles. The Hall–Kier alpha value is -0.790. The largest absolute Gasteiger partial charge is 0.113 e. The van der Waals surface area contributed by atoms with Gasteiger partial charge in [0.25, 0.3) is 0 Å². The second-order valence-corrected chi connectivity index (χ2v) is 7.13. The van der Waals surface area contributed by atoms with Crippen LogP contribution >= 0.6 is 27.5 Å². The van der Waals surface area contributed by atoms with E-state index in [2.05, 4.69) is 73.1 Å². The van der Waals surface area contributed by atoms with E-state index in [1.165, 1.54) is 5.56 Å². The molecule has 20 heavy (non-hydrogen) atoms. The quantitative estimate of drug-likeness (QED) is 0.554. The van der Waals surface area contributed by atoms with Crippen molar-refractivity contribution in [2.45, 2.75) is 38.0 Å². The molecule has 2 heteroatoms. The predicted octanol–water partition coefficient (Wildman–Crippen LogP) is 6.46. The van der Waals surface area contributed by atoms with E-state index in [1.807, 2.05) is 12.1 Å². The van der Waals surface area contributed by atoms with Gasteiger partial charge in [0.15, 0.2) is 0 Å². The Bertz CT molecular complexity index is 572. The molecule has 0 bridgehead atoms. The molecule has 0 amide bonds. The predicted molar refractivity (Wildman–Crippen MR) is 91.6 cm³/mol. The van der Waals surface area contributed by atoms with Gasteiger partial charge in [-0.05, 0) is 40.7 Å². The van der Waals surface area contributed by atoms with Gasteiger partial charge < -0.3 is 0 Å². The van der Waals surface area contributed by atoms with Crippen molar-refractivity contribution in [1.29, 1.82) is 0 Å². The second-order valence-electron chi connectivity index (χ2n) is 5.78. The van der Waals surface area contributed by atoms with Crippen LogP contribution in [0, 0.1) is 0 Å². The Balaban J connectivity index is 2.26. The van der Waals surface area contributed by atoms with E-state index in [4.69, 9.17) is 11.6 Å². The van der Waals surface area contributed by atoms with Crippen molar-refractivity contribution in [3.05, 3.63) is 69.7 Å². The molecule has 0 N–H and O–H groups in total. The fourth-order valence-corrected chi connectivity index (χ4v) is 2.86. The lowest BCUT2D eigenvalue weighted by molar-refractivity contribution is 0.506. The molecule has 0 heterocycles. The van der Waals surface area contributed by atoms with Crippen molar-refractivity contribution in [2.24, 2.45) is 0 Å². The first-order valence-corrected chi connectivity index (χ1v) is 8.17. The van der Waals surface area contributed by atoms with E-state index in [0.717, 1.165) is 22.0 Å². The highest BCUT2D eigenvalue weighted by molar-refractivity contribution is 9.10. The fourth-order valence-electron chi connectivity index (χ4n) is 2.16. The zero-order valence-corrected chi connectivity index (χ0v) is 14.5. The van der Waals surface area contributed by atoms with Crippen LogP contribution in [0.15, 0.2) is 53.0 Å². The van der Waals surface area contributed by atoms with Crippen LogP contribution in [-0.4, -0.2) is 0 Å². The van der Waals surface area contributed by atoms with Crippen LogP contribution in [-0.2, 0) is 5.41 Å². The van der Waals surface area contributed by atoms with Crippen LogP contribution in [0.1, 0.15) is 49.3 Å². The summed E-state index contributed by atoms with van der Waals surface area (Å²) in [6, 6.07) is 16.9. The summed E-state index contributed by atoms with van der Waals surface area (Å²) in [5, 5.41) is -0.105. The van der Waals surface area contributed by atoms with Crippen molar-refractivity contribution >= 4 is 27.5 Å². The van der Waals surface area contributed by atoms with E-state index >= 15 is 0 Å². The standard InChI is InChI=1S/C18H20BrCl/c1-4-18(2,3)15-10-8-13(9-11-15)17(20)14-6-5-7-16(19)12-14/h5-12,17H,4H2,1-3H3. The van der Waals surface area contributed by atoms with E-state index in [1.54, 1.807) is 0 Å². The van der Waals surface area contributed by atoms with Crippen LogP contribution < -0.4 is 0 Å². The Morgan fingerprint density at radius 3 is 2.25 bits per heavy atom. The number of hydrogen-bond donors (Lipinski definition) is 0. The Morgan fingerprint density at radius 1 is 1.05 bits per heavy atom. The highest BCUT2D eigenvalue weighted by Gasteiger charge is 2.18. The van der Waals surface area contributed by atoms with Crippen molar-refractivity contribution in [1.82, 2.24) is 0 Å². The molecular formula is C18H20BrCl. The minimum Gasteiger partial charge on any atom is -0.113 e. The third-order valence-electron chi connectivity index (χ3n) is 4.01. The molecule has 0 aliphatic carbocycles. The smallest absolute Gasteiger partial charge is 0.0835 e. The van der Waals surface area contributed by atoms with Gasteiger partial charge in [-0.15, -0.1) is 11.6 Å². The highest BCUT2D eigenvalue weighted by atomic mass is 79.9. The van der Waals surface area contributed by atoms with Gasteiger partial charge >= 0.3 is 0 Å². The minimum atomic E-state index is -0.105. The maximum absolute atomic E-state index is 6.58. The molecule has 0 saturated heterocycles. The van der Waals surface area contributed by atoms with Gasteiger partial charge in [-0.1, -0.05) is 73.1 Å². The average molecular weight is 352 g/mol. The first kappa shape index (κ1) is 15.6. The van der Waals surface area contributed by atoms with Crippen LogP contribution in [0.3, 0.4) is 0 Å². The normalized spacial score (nSPS) is 13.2. The molecule has 0 fully saturated rings. The zero-order chi connectivity index (χ0) is 14.8. The van der Waals surface area contributed by atoms with Gasteiger partial charge in [0.05, 0.1) is 5.38 Å². The Labute approximate surface area is 135 Å². The molecule has 0 aromatic heterocycles. The summed E-state index contributed by atoms with van der Waals surface area (Å²) in [5.74, 6) is 0. The van der Waals surface area contributed by atoms with E-state index in [0.29, 0.717) is 0 Å². The van der Waals surface area contributed by atoms with Crippen molar-refractivity contribution in [2.75, 3.05) is 0 Å². The molecule has 1 unspecified atom stereocenters. The Kier molecular flexibility index (Phi) is 4.93. The fraction of sp³-hybridized carbons (Fsp3) is 0.333. The van der Waals surface area contributed by atoms with Crippen molar-refractivity contribution in [3.63, 3.8) is 0 Å². The monoisotopic (exact) mass is 350 g/mol. The molecule has 0 nitrogen and oxygen atoms in total. The first-order valence-electron chi connectivity index (χ1n) is 6.94. The van der Waals surface area contributed by atoms with Crippen LogP contribution in [0.2, 0.25) is 0 Å². The minimum absolute atomic E-state index is 0.105. The van der Waals surface area contributed by atoms with Gasteiger partial charge in [-0.25, -0.2) is 0 Å². The maximum atomic E-state index is 6.58.